The van der Waals surface area contributed by atoms with Crippen LogP contribution in [-0.2, 0) is 0 Å². The van der Waals surface area contributed by atoms with E-state index in [1.807, 2.05) is 26.0 Å². The average Bonchev–Trinajstić information content (AvgIpc) is 2.44. The molecule has 20 heavy (non-hydrogen) atoms. The van der Waals surface area contributed by atoms with Crippen LogP contribution >= 0.6 is 11.6 Å². The fourth-order valence-corrected chi connectivity index (χ4v) is 2.26. The summed E-state index contributed by atoms with van der Waals surface area (Å²) in [4.78, 5) is 14.4. The van der Waals surface area contributed by atoms with Gasteiger partial charge in [-0.1, -0.05) is 17.7 Å². The van der Waals surface area contributed by atoms with Crippen LogP contribution in [0.15, 0.2) is 42.5 Å². The number of amides is 1. The van der Waals surface area contributed by atoms with E-state index in [2.05, 4.69) is 0 Å². The first-order chi connectivity index (χ1) is 9.54. The first-order valence-corrected chi connectivity index (χ1v) is 6.85. The Hall–Kier alpha value is -2.00. The number of carbonyl (C=O) groups is 1. The van der Waals surface area contributed by atoms with E-state index >= 15 is 0 Å². The highest BCUT2D eigenvalue weighted by molar-refractivity contribution is 6.32. The third kappa shape index (κ3) is 2.78. The topological polar surface area (TPSA) is 46.3 Å². The van der Waals surface area contributed by atoms with Crippen LogP contribution < -0.4 is 10.6 Å². The Morgan fingerprint density at radius 1 is 1.20 bits per heavy atom. The number of hydrogen-bond acceptors (Lipinski definition) is 2. The Balaban J connectivity index is 2.39. The van der Waals surface area contributed by atoms with E-state index in [0.717, 1.165) is 11.3 Å². The number of nitrogens with two attached hydrogens (primary N) is 1. The smallest absolute Gasteiger partial charge is 0.258 e. The molecule has 0 atom stereocenters. The van der Waals surface area contributed by atoms with Crippen LogP contribution in [0.2, 0.25) is 5.02 Å². The van der Waals surface area contributed by atoms with Gasteiger partial charge in [0.25, 0.3) is 5.91 Å². The van der Waals surface area contributed by atoms with Gasteiger partial charge >= 0.3 is 0 Å². The molecule has 3 nitrogen and oxygen atoms in total. The van der Waals surface area contributed by atoms with Crippen LogP contribution in [0.1, 0.15) is 22.8 Å². The van der Waals surface area contributed by atoms with Crippen LogP contribution in [0.5, 0.6) is 0 Å². The Bertz CT molecular complexity index is 623. The first kappa shape index (κ1) is 14.4. The second kappa shape index (κ2) is 5.97. The summed E-state index contributed by atoms with van der Waals surface area (Å²) in [5.74, 6) is -0.0581. The number of benzene rings is 2. The maximum atomic E-state index is 12.7. The van der Waals surface area contributed by atoms with Crippen molar-refractivity contribution < 1.29 is 4.79 Å². The minimum Gasteiger partial charge on any atom is -0.399 e. The molecule has 2 aromatic carbocycles. The van der Waals surface area contributed by atoms with Crippen molar-refractivity contribution in [3.8, 4) is 0 Å². The Kier molecular flexibility index (Phi) is 4.30. The largest absolute Gasteiger partial charge is 0.399 e. The normalized spacial score (nSPS) is 10.3. The van der Waals surface area contributed by atoms with Gasteiger partial charge in [-0.3, -0.25) is 4.79 Å². The molecule has 0 heterocycles. The van der Waals surface area contributed by atoms with E-state index in [1.165, 1.54) is 0 Å². The van der Waals surface area contributed by atoms with Crippen molar-refractivity contribution in [2.75, 3.05) is 17.2 Å². The lowest BCUT2D eigenvalue weighted by molar-refractivity contribution is 0.0987. The van der Waals surface area contributed by atoms with Crippen molar-refractivity contribution >= 4 is 28.9 Å². The molecule has 0 saturated heterocycles. The molecule has 4 heteroatoms. The molecule has 0 bridgehead atoms. The number of hydrogen-bond donors (Lipinski definition) is 1. The summed E-state index contributed by atoms with van der Waals surface area (Å²) in [6, 6.07) is 12.6. The molecule has 104 valence electrons. The van der Waals surface area contributed by atoms with E-state index in [4.69, 9.17) is 17.3 Å². The molecule has 2 N–H and O–H groups in total. The van der Waals surface area contributed by atoms with Gasteiger partial charge < -0.3 is 10.6 Å². The van der Waals surface area contributed by atoms with E-state index in [9.17, 15) is 4.79 Å². The predicted octanol–water partition coefficient (Wildman–Crippen LogP) is 3.90. The van der Waals surface area contributed by atoms with Crippen LogP contribution in [0.4, 0.5) is 11.4 Å². The van der Waals surface area contributed by atoms with Gasteiger partial charge in [0, 0.05) is 28.5 Å². The van der Waals surface area contributed by atoms with Gasteiger partial charge in [-0.25, -0.2) is 0 Å². The predicted molar refractivity (Wildman–Crippen MR) is 84.4 cm³/mol. The highest BCUT2D eigenvalue weighted by Gasteiger charge is 2.18. The fraction of sp³-hybridized carbons (Fsp3) is 0.188. The molecular weight excluding hydrogens is 272 g/mol. The Morgan fingerprint density at radius 3 is 2.45 bits per heavy atom. The molecule has 0 radical (unpaired) electrons. The van der Waals surface area contributed by atoms with Gasteiger partial charge in [-0.15, -0.1) is 0 Å². The number of halogens is 1. The molecule has 2 aromatic rings. The third-order valence-corrected chi connectivity index (χ3v) is 3.67. The van der Waals surface area contributed by atoms with E-state index in [-0.39, 0.29) is 5.91 Å². The molecule has 0 aliphatic rings. The molecule has 0 spiro atoms. The maximum Gasteiger partial charge on any atom is 0.258 e. The maximum absolute atomic E-state index is 12.7. The lowest BCUT2D eigenvalue weighted by atomic mass is 10.1. The Morgan fingerprint density at radius 2 is 1.85 bits per heavy atom. The van der Waals surface area contributed by atoms with Crippen LogP contribution in [0, 0.1) is 6.92 Å². The summed E-state index contributed by atoms with van der Waals surface area (Å²) in [6.45, 7) is 4.37. The van der Waals surface area contributed by atoms with E-state index in [1.54, 1.807) is 35.2 Å². The molecule has 2 rings (SSSR count). The highest BCUT2D eigenvalue weighted by Crippen LogP contribution is 2.23. The van der Waals surface area contributed by atoms with Crippen molar-refractivity contribution in [2.45, 2.75) is 13.8 Å². The van der Waals surface area contributed by atoms with Crippen molar-refractivity contribution in [3.05, 3.63) is 58.6 Å². The third-order valence-electron chi connectivity index (χ3n) is 3.26. The van der Waals surface area contributed by atoms with Crippen molar-refractivity contribution in [1.29, 1.82) is 0 Å². The van der Waals surface area contributed by atoms with Crippen LogP contribution in [-0.4, -0.2) is 12.5 Å². The number of rotatable bonds is 3. The van der Waals surface area contributed by atoms with E-state index < -0.39 is 0 Å². The van der Waals surface area contributed by atoms with Crippen molar-refractivity contribution in [3.63, 3.8) is 0 Å². The van der Waals surface area contributed by atoms with E-state index in [0.29, 0.717) is 22.8 Å². The lowest BCUT2D eigenvalue weighted by Crippen LogP contribution is -2.31. The molecule has 0 unspecified atom stereocenters. The van der Waals surface area contributed by atoms with Gasteiger partial charge in [0.15, 0.2) is 0 Å². The zero-order chi connectivity index (χ0) is 14.7. The van der Waals surface area contributed by atoms with Crippen LogP contribution in [0.3, 0.4) is 0 Å². The summed E-state index contributed by atoms with van der Waals surface area (Å²) >= 11 is 6.09. The molecule has 1 amide bonds. The van der Waals surface area contributed by atoms with Gasteiger partial charge in [0.2, 0.25) is 0 Å². The summed E-state index contributed by atoms with van der Waals surface area (Å²) in [6.07, 6.45) is 0. The summed E-state index contributed by atoms with van der Waals surface area (Å²) in [7, 11) is 0. The standard InChI is InChI=1S/C16H17ClN2O/c1-3-19(13-9-7-12(18)8-10-13)16(20)14-5-4-6-15(17)11(14)2/h4-10H,3,18H2,1-2H3. The summed E-state index contributed by atoms with van der Waals surface area (Å²) in [5.41, 5.74) is 8.60. The van der Waals surface area contributed by atoms with Crippen molar-refractivity contribution in [2.24, 2.45) is 0 Å². The quantitative estimate of drug-likeness (QED) is 0.871. The SMILES string of the molecule is CCN(C(=O)c1cccc(Cl)c1C)c1ccc(N)cc1. The monoisotopic (exact) mass is 288 g/mol. The molecule has 0 aliphatic heterocycles. The van der Waals surface area contributed by atoms with Gasteiger partial charge in [-0.05, 0) is 55.8 Å². The highest BCUT2D eigenvalue weighted by atomic mass is 35.5. The fourth-order valence-electron chi connectivity index (χ4n) is 2.08. The molecule has 0 aliphatic carbocycles. The zero-order valence-corrected chi connectivity index (χ0v) is 12.3. The molecule has 0 fully saturated rings. The second-order valence-corrected chi connectivity index (χ2v) is 4.96. The second-order valence-electron chi connectivity index (χ2n) is 4.55. The number of carbonyl (C=O) groups excluding carboxylic acids is 1. The zero-order valence-electron chi connectivity index (χ0n) is 11.6. The van der Waals surface area contributed by atoms with Crippen molar-refractivity contribution in [1.82, 2.24) is 0 Å². The Labute approximate surface area is 124 Å². The van der Waals surface area contributed by atoms with Gasteiger partial charge in [0.1, 0.15) is 0 Å². The minimum absolute atomic E-state index is 0.0581. The van der Waals surface area contributed by atoms with Crippen LogP contribution in [0.25, 0.3) is 0 Å². The molecular formula is C16H17ClN2O. The number of anilines is 2. The van der Waals surface area contributed by atoms with Gasteiger partial charge in [0.05, 0.1) is 0 Å². The summed E-state index contributed by atoms with van der Waals surface area (Å²) < 4.78 is 0. The number of nitrogen functional groups attached to an aromatic ring is 1. The summed E-state index contributed by atoms with van der Waals surface area (Å²) in [5, 5.41) is 0.601. The lowest BCUT2D eigenvalue weighted by Gasteiger charge is -2.22. The first-order valence-electron chi connectivity index (χ1n) is 6.47. The minimum atomic E-state index is -0.0581. The molecule has 0 aromatic heterocycles. The number of nitrogens with zero attached hydrogens (tertiary/aromatic N) is 1. The average molecular weight is 289 g/mol. The van der Waals surface area contributed by atoms with Gasteiger partial charge in [-0.2, -0.15) is 0 Å². The molecule has 0 saturated carbocycles.